The molecule has 2 N–H and O–H groups in total. The van der Waals surface area contributed by atoms with Gasteiger partial charge in [-0.25, -0.2) is 0 Å². The van der Waals surface area contributed by atoms with E-state index in [-0.39, 0.29) is 0 Å². The lowest BCUT2D eigenvalue weighted by atomic mass is 9.98. The zero-order valence-electron chi connectivity index (χ0n) is 7.45. The smallest absolute Gasteiger partial charge is 0.186 e. The van der Waals surface area contributed by atoms with Crippen molar-refractivity contribution in [3.63, 3.8) is 0 Å². The van der Waals surface area contributed by atoms with Gasteiger partial charge in [0.15, 0.2) is 5.79 Å². The first kappa shape index (κ1) is 9.49. The fourth-order valence-corrected chi connectivity index (χ4v) is 1.22. The molecule has 0 aromatic heterocycles. The van der Waals surface area contributed by atoms with Crippen molar-refractivity contribution in [3.05, 3.63) is 23.8 Å². The van der Waals surface area contributed by atoms with Crippen molar-refractivity contribution in [3.8, 4) is 0 Å². The van der Waals surface area contributed by atoms with Crippen LogP contribution in [0.3, 0.4) is 0 Å². The molecule has 0 fully saturated rings. The van der Waals surface area contributed by atoms with Crippen LogP contribution in [0.4, 0.5) is 0 Å². The van der Waals surface area contributed by atoms with Crippen LogP contribution in [0.1, 0.15) is 32.6 Å². The van der Waals surface area contributed by atoms with Crippen LogP contribution in [0.25, 0.3) is 0 Å². The lowest BCUT2D eigenvalue weighted by Crippen LogP contribution is -2.25. The van der Waals surface area contributed by atoms with Gasteiger partial charge in [0.25, 0.3) is 0 Å². The van der Waals surface area contributed by atoms with Crippen LogP contribution in [0.2, 0.25) is 0 Å². The van der Waals surface area contributed by atoms with Crippen molar-refractivity contribution in [1.29, 1.82) is 0 Å². The minimum absolute atomic E-state index is 0.322. The maximum absolute atomic E-state index is 9.14. The minimum Gasteiger partial charge on any atom is -0.362 e. The summed E-state index contributed by atoms with van der Waals surface area (Å²) in [5.41, 5.74) is 1.22. The van der Waals surface area contributed by atoms with Gasteiger partial charge in [0.1, 0.15) is 0 Å². The van der Waals surface area contributed by atoms with Gasteiger partial charge in [-0.2, -0.15) is 0 Å². The van der Waals surface area contributed by atoms with Crippen LogP contribution < -0.4 is 0 Å². The summed E-state index contributed by atoms with van der Waals surface area (Å²) in [6.45, 7) is 2.15. The monoisotopic (exact) mass is 168 g/mol. The first-order valence-electron chi connectivity index (χ1n) is 4.47. The Kier molecular flexibility index (Phi) is 3.06. The SMILES string of the molecule is CCCCC1=CCC(O)(O)C=C1. The zero-order chi connectivity index (χ0) is 9.03. The third-order valence-corrected chi connectivity index (χ3v) is 2.05. The van der Waals surface area contributed by atoms with Gasteiger partial charge < -0.3 is 10.2 Å². The van der Waals surface area contributed by atoms with Gasteiger partial charge in [0.05, 0.1) is 0 Å². The molecular formula is C10H16O2. The molecule has 0 amide bonds. The normalized spacial score (nSPS) is 20.8. The molecule has 2 heteroatoms. The lowest BCUT2D eigenvalue weighted by Gasteiger charge is -2.19. The van der Waals surface area contributed by atoms with E-state index in [9.17, 15) is 0 Å². The van der Waals surface area contributed by atoms with E-state index in [0.29, 0.717) is 6.42 Å². The second-order valence-electron chi connectivity index (χ2n) is 3.30. The van der Waals surface area contributed by atoms with Gasteiger partial charge in [-0.15, -0.1) is 0 Å². The summed E-state index contributed by atoms with van der Waals surface area (Å²) in [5, 5.41) is 18.3. The fraction of sp³-hybridized carbons (Fsp3) is 0.600. The maximum Gasteiger partial charge on any atom is 0.186 e. The Morgan fingerprint density at radius 3 is 2.75 bits per heavy atom. The van der Waals surface area contributed by atoms with E-state index in [1.807, 2.05) is 6.08 Å². The Bertz CT molecular complexity index is 202. The average molecular weight is 168 g/mol. The lowest BCUT2D eigenvalue weighted by molar-refractivity contribution is -0.115. The summed E-state index contributed by atoms with van der Waals surface area (Å²) >= 11 is 0. The highest BCUT2D eigenvalue weighted by atomic mass is 16.5. The molecule has 1 aliphatic rings. The number of unbranched alkanes of at least 4 members (excludes halogenated alkanes) is 1. The molecule has 0 saturated carbocycles. The van der Waals surface area contributed by atoms with Gasteiger partial charge in [-0.3, -0.25) is 0 Å². The van der Waals surface area contributed by atoms with E-state index in [1.54, 1.807) is 6.08 Å². The van der Waals surface area contributed by atoms with E-state index < -0.39 is 5.79 Å². The van der Waals surface area contributed by atoms with E-state index in [1.165, 1.54) is 24.5 Å². The largest absolute Gasteiger partial charge is 0.362 e. The molecule has 0 heterocycles. The van der Waals surface area contributed by atoms with Crippen LogP contribution in [0.15, 0.2) is 23.8 Å². The van der Waals surface area contributed by atoms with Crippen LogP contribution in [0, 0.1) is 0 Å². The molecule has 1 aliphatic carbocycles. The molecule has 0 saturated heterocycles. The van der Waals surface area contributed by atoms with E-state index >= 15 is 0 Å². The Morgan fingerprint density at radius 1 is 1.50 bits per heavy atom. The van der Waals surface area contributed by atoms with Gasteiger partial charge in [-0.1, -0.05) is 31.1 Å². The molecule has 0 aromatic carbocycles. The van der Waals surface area contributed by atoms with Crippen LogP contribution in [-0.2, 0) is 0 Å². The molecule has 0 radical (unpaired) electrons. The van der Waals surface area contributed by atoms with Crippen molar-refractivity contribution in [1.82, 2.24) is 0 Å². The van der Waals surface area contributed by atoms with Crippen molar-refractivity contribution in [2.24, 2.45) is 0 Å². The number of allylic oxidation sites excluding steroid dienone is 2. The Labute approximate surface area is 73.2 Å². The van der Waals surface area contributed by atoms with E-state index in [4.69, 9.17) is 10.2 Å². The van der Waals surface area contributed by atoms with Gasteiger partial charge in [0, 0.05) is 6.42 Å². The van der Waals surface area contributed by atoms with Crippen molar-refractivity contribution >= 4 is 0 Å². The molecule has 2 nitrogen and oxygen atoms in total. The molecule has 0 unspecified atom stereocenters. The highest BCUT2D eigenvalue weighted by molar-refractivity contribution is 5.25. The first-order valence-corrected chi connectivity index (χ1v) is 4.47. The highest BCUT2D eigenvalue weighted by Gasteiger charge is 2.19. The summed E-state index contributed by atoms with van der Waals surface area (Å²) in [5.74, 6) is -1.60. The van der Waals surface area contributed by atoms with Crippen molar-refractivity contribution in [2.75, 3.05) is 0 Å². The molecule has 1 rings (SSSR count). The molecule has 0 atom stereocenters. The van der Waals surface area contributed by atoms with Gasteiger partial charge in [0.2, 0.25) is 0 Å². The fourth-order valence-electron chi connectivity index (χ4n) is 1.22. The molecule has 68 valence electrons. The maximum atomic E-state index is 9.14. The second kappa shape index (κ2) is 3.87. The standard InChI is InChI=1S/C10H16O2/c1-2-3-4-9-5-7-10(11,12)8-6-9/h5-7,11-12H,2-4,8H2,1H3. The first-order chi connectivity index (χ1) is 5.64. The predicted octanol–water partition coefficient (Wildman–Crippen LogP) is 1.74. The third-order valence-electron chi connectivity index (χ3n) is 2.05. The third kappa shape index (κ3) is 2.80. The number of hydrogen-bond acceptors (Lipinski definition) is 2. The Morgan fingerprint density at radius 2 is 2.25 bits per heavy atom. The molecule has 12 heavy (non-hydrogen) atoms. The quantitative estimate of drug-likeness (QED) is 0.630. The van der Waals surface area contributed by atoms with E-state index in [2.05, 4.69) is 6.92 Å². The summed E-state index contributed by atoms with van der Waals surface area (Å²) in [6.07, 6.45) is 8.87. The topological polar surface area (TPSA) is 40.5 Å². The minimum atomic E-state index is -1.60. The number of hydrogen-bond donors (Lipinski definition) is 2. The highest BCUT2D eigenvalue weighted by Crippen LogP contribution is 2.21. The van der Waals surface area contributed by atoms with Crippen molar-refractivity contribution < 1.29 is 10.2 Å². The summed E-state index contributed by atoms with van der Waals surface area (Å²) in [7, 11) is 0. The Balaban J connectivity index is 2.42. The van der Waals surface area contributed by atoms with Gasteiger partial charge in [-0.05, 0) is 18.9 Å². The molecular weight excluding hydrogens is 152 g/mol. The average Bonchev–Trinajstić information content (AvgIpc) is 2.03. The molecule has 0 bridgehead atoms. The number of rotatable bonds is 3. The second-order valence-corrected chi connectivity index (χ2v) is 3.30. The Hall–Kier alpha value is -0.600. The van der Waals surface area contributed by atoms with Gasteiger partial charge >= 0.3 is 0 Å². The summed E-state index contributed by atoms with van der Waals surface area (Å²) in [6, 6.07) is 0. The zero-order valence-corrected chi connectivity index (χ0v) is 7.45. The summed E-state index contributed by atoms with van der Waals surface area (Å²) < 4.78 is 0. The van der Waals surface area contributed by atoms with Crippen LogP contribution in [0.5, 0.6) is 0 Å². The van der Waals surface area contributed by atoms with E-state index in [0.717, 1.165) is 6.42 Å². The van der Waals surface area contributed by atoms with Crippen LogP contribution in [-0.4, -0.2) is 16.0 Å². The molecule has 0 aliphatic heterocycles. The number of aliphatic hydroxyl groups is 2. The van der Waals surface area contributed by atoms with Crippen molar-refractivity contribution in [2.45, 2.75) is 38.4 Å². The summed E-state index contributed by atoms with van der Waals surface area (Å²) in [4.78, 5) is 0. The predicted molar refractivity (Wildman–Crippen MR) is 48.5 cm³/mol. The van der Waals surface area contributed by atoms with Crippen LogP contribution >= 0.6 is 0 Å². The molecule has 0 spiro atoms. The molecule has 0 aromatic rings.